The standard InChI is InChI=1S/C14H14N2O3/c1-19-13-11(6-3-7-12(13)15)14(18)16-9-4-2-5-10(17)8-9/h2-8,17H,15H2,1H3,(H,16,18). The van der Waals surface area contributed by atoms with Crippen LogP contribution in [0, 0.1) is 0 Å². The minimum atomic E-state index is -0.352. The van der Waals surface area contributed by atoms with Gasteiger partial charge in [0.05, 0.1) is 18.4 Å². The number of aromatic hydroxyl groups is 1. The van der Waals surface area contributed by atoms with Crippen LogP contribution in [-0.4, -0.2) is 18.1 Å². The summed E-state index contributed by atoms with van der Waals surface area (Å²) < 4.78 is 5.12. The third kappa shape index (κ3) is 2.77. The number of nitrogens with two attached hydrogens (primary N) is 1. The Bertz CT molecular complexity index is 611. The number of phenols is 1. The first-order valence-electron chi connectivity index (χ1n) is 5.64. The lowest BCUT2D eigenvalue weighted by molar-refractivity contribution is 0.102. The molecule has 19 heavy (non-hydrogen) atoms. The lowest BCUT2D eigenvalue weighted by Gasteiger charge is -2.11. The van der Waals surface area contributed by atoms with Crippen molar-refractivity contribution in [3.63, 3.8) is 0 Å². The van der Waals surface area contributed by atoms with Crippen LogP contribution in [0.4, 0.5) is 11.4 Å². The molecule has 0 saturated carbocycles. The highest BCUT2D eigenvalue weighted by Crippen LogP contribution is 2.27. The molecule has 0 saturated heterocycles. The number of methoxy groups -OCH3 is 1. The van der Waals surface area contributed by atoms with E-state index in [1.165, 1.54) is 19.2 Å². The number of nitrogen functional groups attached to an aromatic ring is 1. The van der Waals surface area contributed by atoms with E-state index < -0.39 is 0 Å². The van der Waals surface area contributed by atoms with Crippen LogP contribution in [0.2, 0.25) is 0 Å². The molecule has 2 aromatic rings. The van der Waals surface area contributed by atoms with E-state index in [1.807, 2.05) is 0 Å². The molecule has 98 valence electrons. The minimum Gasteiger partial charge on any atom is -0.508 e. The number of carbonyl (C=O) groups excluding carboxylic acids is 1. The number of ether oxygens (including phenoxy) is 1. The molecule has 0 atom stereocenters. The molecular weight excluding hydrogens is 244 g/mol. The SMILES string of the molecule is COc1c(N)cccc1C(=O)Nc1cccc(O)c1. The summed E-state index contributed by atoms with van der Waals surface area (Å²) in [6, 6.07) is 11.2. The van der Waals surface area contributed by atoms with Crippen molar-refractivity contribution in [2.75, 3.05) is 18.2 Å². The molecule has 0 aliphatic rings. The van der Waals surface area contributed by atoms with Crippen LogP contribution in [0.5, 0.6) is 11.5 Å². The zero-order valence-electron chi connectivity index (χ0n) is 10.4. The van der Waals surface area contributed by atoms with E-state index in [4.69, 9.17) is 10.5 Å². The highest BCUT2D eigenvalue weighted by atomic mass is 16.5. The predicted octanol–water partition coefficient (Wildman–Crippen LogP) is 2.24. The average Bonchev–Trinajstić information content (AvgIpc) is 2.38. The Morgan fingerprint density at radius 3 is 2.68 bits per heavy atom. The number of benzene rings is 2. The Balaban J connectivity index is 2.28. The van der Waals surface area contributed by atoms with Gasteiger partial charge in [0.1, 0.15) is 5.75 Å². The van der Waals surface area contributed by atoms with Gasteiger partial charge in [-0.3, -0.25) is 4.79 Å². The number of para-hydroxylation sites is 1. The highest BCUT2D eigenvalue weighted by molar-refractivity contribution is 6.07. The van der Waals surface area contributed by atoms with E-state index in [0.717, 1.165) is 0 Å². The van der Waals surface area contributed by atoms with Crippen LogP contribution in [0.25, 0.3) is 0 Å². The normalized spacial score (nSPS) is 9.95. The number of nitrogens with one attached hydrogen (secondary N) is 1. The smallest absolute Gasteiger partial charge is 0.259 e. The average molecular weight is 258 g/mol. The third-order valence-corrected chi connectivity index (χ3v) is 2.60. The Morgan fingerprint density at radius 1 is 1.26 bits per heavy atom. The summed E-state index contributed by atoms with van der Waals surface area (Å²) in [5.41, 5.74) is 6.97. The predicted molar refractivity (Wildman–Crippen MR) is 73.5 cm³/mol. The van der Waals surface area contributed by atoms with Gasteiger partial charge in [0.15, 0.2) is 5.75 Å². The van der Waals surface area contributed by atoms with Crippen LogP contribution in [-0.2, 0) is 0 Å². The monoisotopic (exact) mass is 258 g/mol. The number of hydrogen-bond acceptors (Lipinski definition) is 4. The first-order valence-corrected chi connectivity index (χ1v) is 5.64. The lowest BCUT2D eigenvalue weighted by atomic mass is 10.1. The van der Waals surface area contributed by atoms with E-state index in [0.29, 0.717) is 22.7 Å². The van der Waals surface area contributed by atoms with Crippen LogP contribution < -0.4 is 15.8 Å². The van der Waals surface area contributed by atoms with Gasteiger partial charge in [0.25, 0.3) is 5.91 Å². The van der Waals surface area contributed by atoms with Crippen molar-refractivity contribution in [2.24, 2.45) is 0 Å². The maximum absolute atomic E-state index is 12.1. The number of hydrogen-bond donors (Lipinski definition) is 3. The second-order valence-corrected chi connectivity index (χ2v) is 3.93. The first-order chi connectivity index (χ1) is 9.11. The Kier molecular flexibility index (Phi) is 3.56. The Labute approximate surface area is 110 Å². The summed E-state index contributed by atoms with van der Waals surface area (Å²) in [5, 5.41) is 12.0. The van der Waals surface area contributed by atoms with Crippen molar-refractivity contribution in [1.82, 2.24) is 0 Å². The van der Waals surface area contributed by atoms with E-state index >= 15 is 0 Å². The summed E-state index contributed by atoms with van der Waals surface area (Å²) in [4.78, 5) is 12.1. The number of phenolic OH excluding ortho intramolecular Hbond substituents is 1. The van der Waals surface area contributed by atoms with Crippen molar-refractivity contribution < 1.29 is 14.6 Å². The molecule has 2 aromatic carbocycles. The largest absolute Gasteiger partial charge is 0.508 e. The molecule has 5 nitrogen and oxygen atoms in total. The molecule has 0 aliphatic carbocycles. The van der Waals surface area contributed by atoms with Gasteiger partial charge >= 0.3 is 0 Å². The van der Waals surface area contributed by atoms with Gasteiger partial charge in [-0.2, -0.15) is 0 Å². The second-order valence-electron chi connectivity index (χ2n) is 3.93. The molecule has 0 radical (unpaired) electrons. The van der Waals surface area contributed by atoms with Gasteiger partial charge in [-0.05, 0) is 24.3 Å². The van der Waals surface area contributed by atoms with Crippen molar-refractivity contribution in [3.05, 3.63) is 48.0 Å². The number of rotatable bonds is 3. The van der Waals surface area contributed by atoms with E-state index in [-0.39, 0.29) is 11.7 Å². The maximum atomic E-state index is 12.1. The second kappa shape index (κ2) is 5.30. The Hall–Kier alpha value is -2.69. The number of anilines is 2. The summed E-state index contributed by atoms with van der Waals surface area (Å²) in [5.74, 6) is 0.0623. The highest BCUT2D eigenvalue weighted by Gasteiger charge is 2.14. The number of amides is 1. The molecule has 0 aromatic heterocycles. The molecule has 1 amide bonds. The molecule has 0 aliphatic heterocycles. The molecule has 5 heteroatoms. The topological polar surface area (TPSA) is 84.6 Å². The maximum Gasteiger partial charge on any atom is 0.259 e. The van der Waals surface area contributed by atoms with Crippen molar-refractivity contribution >= 4 is 17.3 Å². The molecular formula is C14H14N2O3. The van der Waals surface area contributed by atoms with Crippen molar-refractivity contribution in [1.29, 1.82) is 0 Å². The number of carbonyl (C=O) groups is 1. The zero-order valence-corrected chi connectivity index (χ0v) is 10.4. The summed E-state index contributed by atoms with van der Waals surface area (Å²) in [6.45, 7) is 0. The third-order valence-electron chi connectivity index (χ3n) is 2.60. The summed E-state index contributed by atoms with van der Waals surface area (Å²) in [6.07, 6.45) is 0. The fraction of sp³-hybridized carbons (Fsp3) is 0.0714. The van der Waals surface area contributed by atoms with E-state index in [1.54, 1.807) is 30.3 Å². The van der Waals surface area contributed by atoms with Gasteiger partial charge in [0.2, 0.25) is 0 Å². The van der Waals surface area contributed by atoms with Crippen LogP contribution in [0.1, 0.15) is 10.4 Å². The van der Waals surface area contributed by atoms with Gasteiger partial charge in [-0.25, -0.2) is 0 Å². The molecule has 0 fully saturated rings. The summed E-state index contributed by atoms with van der Waals surface area (Å²) in [7, 11) is 1.46. The van der Waals surface area contributed by atoms with Gasteiger partial charge in [0, 0.05) is 11.8 Å². The quantitative estimate of drug-likeness (QED) is 0.737. The lowest BCUT2D eigenvalue weighted by Crippen LogP contribution is -2.13. The minimum absolute atomic E-state index is 0.0809. The van der Waals surface area contributed by atoms with E-state index in [9.17, 15) is 9.90 Å². The summed E-state index contributed by atoms with van der Waals surface area (Å²) >= 11 is 0. The van der Waals surface area contributed by atoms with Crippen molar-refractivity contribution in [2.45, 2.75) is 0 Å². The van der Waals surface area contributed by atoms with Crippen LogP contribution in [0.3, 0.4) is 0 Å². The van der Waals surface area contributed by atoms with Crippen molar-refractivity contribution in [3.8, 4) is 11.5 Å². The molecule has 4 N–H and O–H groups in total. The van der Waals surface area contributed by atoms with Gasteiger partial charge in [-0.1, -0.05) is 12.1 Å². The zero-order chi connectivity index (χ0) is 13.8. The first kappa shape index (κ1) is 12.8. The molecule has 2 rings (SSSR count). The molecule has 0 unspecified atom stereocenters. The van der Waals surface area contributed by atoms with Crippen LogP contribution in [0.15, 0.2) is 42.5 Å². The molecule has 0 bridgehead atoms. The fourth-order valence-electron chi connectivity index (χ4n) is 1.74. The fourth-order valence-corrected chi connectivity index (χ4v) is 1.74. The van der Waals surface area contributed by atoms with Crippen LogP contribution >= 0.6 is 0 Å². The molecule has 0 spiro atoms. The Morgan fingerprint density at radius 2 is 2.00 bits per heavy atom. The van der Waals surface area contributed by atoms with Gasteiger partial charge in [-0.15, -0.1) is 0 Å². The molecule has 0 heterocycles. The van der Waals surface area contributed by atoms with E-state index in [2.05, 4.69) is 5.32 Å². The van der Waals surface area contributed by atoms with Gasteiger partial charge < -0.3 is 20.9 Å².